The van der Waals surface area contributed by atoms with E-state index in [4.69, 9.17) is 10.8 Å². The lowest BCUT2D eigenvalue weighted by atomic mass is 9.82. The molecule has 0 saturated heterocycles. The van der Waals surface area contributed by atoms with E-state index in [9.17, 15) is 9.59 Å². The van der Waals surface area contributed by atoms with E-state index in [0.717, 1.165) is 44.9 Å². The summed E-state index contributed by atoms with van der Waals surface area (Å²) in [5.41, 5.74) is 4.97. The van der Waals surface area contributed by atoms with Crippen LogP contribution in [0.25, 0.3) is 0 Å². The first-order valence-corrected chi connectivity index (χ1v) is 7.18. The number of carbonyl (C=O) groups excluding carboxylic acids is 1. The number of hydrogen-bond donors (Lipinski definition) is 3. The Morgan fingerprint density at radius 2 is 1.89 bits per heavy atom. The van der Waals surface area contributed by atoms with Crippen molar-refractivity contribution in [3.63, 3.8) is 0 Å². The van der Waals surface area contributed by atoms with Crippen LogP contribution in [-0.4, -0.2) is 28.6 Å². The number of nitrogens with one attached hydrogen (secondary N) is 1. The maximum absolute atomic E-state index is 12.5. The van der Waals surface area contributed by atoms with Crippen molar-refractivity contribution in [2.45, 2.75) is 69.9 Å². The topological polar surface area (TPSA) is 92.4 Å². The molecule has 108 valence electrons. The van der Waals surface area contributed by atoms with Crippen molar-refractivity contribution in [3.8, 4) is 0 Å². The van der Waals surface area contributed by atoms with Gasteiger partial charge in [-0.15, -0.1) is 0 Å². The lowest BCUT2D eigenvalue weighted by Crippen LogP contribution is -2.55. The molecule has 0 bridgehead atoms. The van der Waals surface area contributed by atoms with E-state index < -0.39 is 16.9 Å². The Bertz CT molecular complexity index is 377. The van der Waals surface area contributed by atoms with Gasteiger partial charge in [0.15, 0.2) is 0 Å². The second kappa shape index (κ2) is 5.12. The Hall–Kier alpha value is -1.10. The highest BCUT2D eigenvalue weighted by Crippen LogP contribution is 2.39. The lowest BCUT2D eigenvalue weighted by Gasteiger charge is -2.35. The number of carbonyl (C=O) groups is 2. The summed E-state index contributed by atoms with van der Waals surface area (Å²) in [6.07, 6.45) is 6.14. The maximum Gasteiger partial charge on any atom is 0.305 e. The highest BCUT2D eigenvalue weighted by Gasteiger charge is 2.47. The first-order valence-electron chi connectivity index (χ1n) is 7.18. The van der Waals surface area contributed by atoms with Gasteiger partial charge in [0, 0.05) is 6.04 Å². The molecule has 2 rings (SSSR count). The van der Waals surface area contributed by atoms with Crippen molar-refractivity contribution < 1.29 is 14.7 Å². The molecule has 4 N–H and O–H groups in total. The van der Waals surface area contributed by atoms with Crippen LogP contribution < -0.4 is 11.1 Å². The minimum Gasteiger partial charge on any atom is -0.481 e. The fourth-order valence-corrected chi connectivity index (χ4v) is 3.55. The van der Waals surface area contributed by atoms with E-state index in [1.54, 1.807) is 0 Å². The summed E-state index contributed by atoms with van der Waals surface area (Å²) in [6.45, 7) is 1.91. The van der Waals surface area contributed by atoms with E-state index in [2.05, 4.69) is 5.32 Å². The highest BCUT2D eigenvalue weighted by atomic mass is 16.4. The van der Waals surface area contributed by atoms with E-state index in [0.29, 0.717) is 0 Å². The number of rotatable bonds is 4. The third kappa shape index (κ3) is 2.76. The van der Waals surface area contributed by atoms with Gasteiger partial charge in [-0.2, -0.15) is 0 Å². The van der Waals surface area contributed by atoms with Crippen LogP contribution in [0.3, 0.4) is 0 Å². The molecule has 2 atom stereocenters. The summed E-state index contributed by atoms with van der Waals surface area (Å²) in [4.78, 5) is 23.6. The maximum atomic E-state index is 12.5. The molecule has 2 aliphatic carbocycles. The molecule has 0 radical (unpaired) electrons. The molecule has 2 unspecified atom stereocenters. The summed E-state index contributed by atoms with van der Waals surface area (Å²) >= 11 is 0. The molecule has 0 heterocycles. The first kappa shape index (κ1) is 14.3. The smallest absolute Gasteiger partial charge is 0.305 e. The number of hydrogen-bond acceptors (Lipinski definition) is 3. The molecule has 2 aliphatic rings. The zero-order valence-corrected chi connectivity index (χ0v) is 11.6. The largest absolute Gasteiger partial charge is 0.481 e. The van der Waals surface area contributed by atoms with Gasteiger partial charge in [-0.25, -0.2) is 0 Å². The molecule has 2 fully saturated rings. The van der Waals surface area contributed by atoms with Crippen LogP contribution in [0.4, 0.5) is 0 Å². The average Bonchev–Trinajstić information content (AvgIpc) is 2.88. The Morgan fingerprint density at radius 3 is 2.37 bits per heavy atom. The lowest BCUT2D eigenvalue weighted by molar-refractivity contribution is -0.140. The van der Waals surface area contributed by atoms with E-state index >= 15 is 0 Å². The van der Waals surface area contributed by atoms with Crippen molar-refractivity contribution >= 4 is 11.9 Å². The van der Waals surface area contributed by atoms with Gasteiger partial charge in [-0.1, -0.05) is 19.3 Å². The van der Waals surface area contributed by atoms with Crippen LogP contribution in [0.1, 0.15) is 58.3 Å². The molecule has 2 saturated carbocycles. The molecule has 0 aromatic rings. The Morgan fingerprint density at radius 1 is 1.26 bits per heavy atom. The predicted octanol–water partition coefficient (Wildman–Crippen LogP) is 1.41. The quantitative estimate of drug-likeness (QED) is 0.718. The number of aliphatic carboxylic acids is 1. The third-order valence-corrected chi connectivity index (χ3v) is 4.98. The van der Waals surface area contributed by atoms with Crippen molar-refractivity contribution in [1.82, 2.24) is 5.32 Å². The summed E-state index contributed by atoms with van der Waals surface area (Å²) in [7, 11) is 0. The van der Waals surface area contributed by atoms with Gasteiger partial charge in [0.05, 0.1) is 17.4 Å². The standard InChI is InChI=1S/C14H24N2O3/c1-13(6-4-5-10(13)15)12(19)16-14(9-11(17)18)7-2-3-8-14/h10H,2-9,15H2,1H3,(H,16,19)(H,17,18). The SMILES string of the molecule is CC1(C(=O)NC2(CC(=O)O)CCCC2)CCCC1N. The minimum absolute atomic E-state index is 0.0179. The van der Waals surface area contributed by atoms with Crippen LogP contribution in [0.15, 0.2) is 0 Å². The molecule has 19 heavy (non-hydrogen) atoms. The molecular formula is C14H24N2O3. The molecule has 0 spiro atoms. The van der Waals surface area contributed by atoms with Gasteiger partial charge < -0.3 is 16.2 Å². The van der Waals surface area contributed by atoms with Gasteiger partial charge in [-0.3, -0.25) is 9.59 Å². The van der Waals surface area contributed by atoms with Crippen LogP contribution in [0.2, 0.25) is 0 Å². The number of carboxylic acids is 1. The predicted molar refractivity (Wildman–Crippen MR) is 71.5 cm³/mol. The number of carboxylic acid groups (broad SMARTS) is 1. The minimum atomic E-state index is -0.844. The summed E-state index contributed by atoms with van der Waals surface area (Å²) in [5, 5.41) is 12.1. The van der Waals surface area contributed by atoms with Gasteiger partial charge in [0.2, 0.25) is 5.91 Å². The Balaban J connectivity index is 2.09. The normalized spacial score (nSPS) is 33.3. The molecule has 0 aromatic carbocycles. The van der Waals surface area contributed by atoms with Gasteiger partial charge in [0.25, 0.3) is 0 Å². The second-order valence-corrected chi connectivity index (χ2v) is 6.43. The number of nitrogens with two attached hydrogens (primary N) is 1. The van der Waals surface area contributed by atoms with Crippen molar-refractivity contribution in [2.24, 2.45) is 11.1 Å². The van der Waals surface area contributed by atoms with E-state index in [1.165, 1.54) is 0 Å². The summed E-state index contributed by atoms with van der Waals surface area (Å²) in [6, 6.07) is -0.115. The van der Waals surface area contributed by atoms with Crippen LogP contribution in [0, 0.1) is 5.41 Å². The second-order valence-electron chi connectivity index (χ2n) is 6.43. The molecule has 0 aromatic heterocycles. The van der Waals surface area contributed by atoms with Gasteiger partial charge >= 0.3 is 5.97 Å². The molecular weight excluding hydrogens is 244 g/mol. The van der Waals surface area contributed by atoms with Crippen LogP contribution >= 0.6 is 0 Å². The van der Waals surface area contributed by atoms with Gasteiger partial charge in [-0.05, 0) is 32.6 Å². The average molecular weight is 268 g/mol. The monoisotopic (exact) mass is 268 g/mol. The van der Waals surface area contributed by atoms with Crippen molar-refractivity contribution in [1.29, 1.82) is 0 Å². The first-order chi connectivity index (χ1) is 8.88. The van der Waals surface area contributed by atoms with Crippen LogP contribution in [0.5, 0.6) is 0 Å². The molecule has 0 aliphatic heterocycles. The highest BCUT2D eigenvalue weighted by molar-refractivity contribution is 5.85. The molecule has 1 amide bonds. The van der Waals surface area contributed by atoms with Gasteiger partial charge in [0.1, 0.15) is 0 Å². The number of amides is 1. The van der Waals surface area contributed by atoms with E-state index in [-0.39, 0.29) is 18.4 Å². The van der Waals surface area contributed by atoms with E-state index in [1.807, 2.05) is 6.92 Å². The van der Waals surface area contributed by atoms with Crippen molar-refractivity contribution in [2.75, 3.05) is 0 Å². The molecule has 5 nitrogen and oxygen atoms in total. The van der Waals surface area contributed by atoms with Crippen molar-refractivity contribution in [3.05, 3.63) is 0 Å². The fraction of sp³-hybridized carbons (Fsp3) is 0.857. The Labute approximate surface area is 113 Å². The zero-order valence-electron chi connectivity index (χ0n) is 11.6. The molecule has 5 heteroatoms. The summed E-state index contributed by atoms with van der Waals surface area (Å²) in [5.74, 6) is -0.899. The van der Waals surface area contributed by atoms with Crippen LogP contribution in [-0.2, 0) is 9.59 Å². The fourth-order valence-electron chi connectivity index (χ4n) is 3.55. The summed E-state index contributed by atoms with van der Waals surface area (Å²) < 4.78 is 0. The third-order valence-electron chi connectivity index (χ3n) is 4.98. The zero-order chi connectivity index (χ0) is 14.1. The Kier molecular flexibility index (Phi) is 3.85.